The molecule has 3 rings (SSSR count). The zero-order chi connectivity index (χ0) is 24.2. The van der Waals surface area contributed by atoms with Gasteiger partial charge in [0.1, 0.15) is 5.25 Å². The van der Waals surface area contributed by atoms with Crippen molar-refractivity contribution < 1.29 is 35.9 Å². The summed E-state index contributed by atoms with van der Waals surface area (Å²) in [7, 11) is 0. The molecule has 0 radical (unpaired) electrons. The Hall–Kier alpha value is -3.02. The molecule has 12 heteroatoms. The van der Waals surface area contributed by atoms with Crippen LogP contribution in [-0.2, 0) is 28.4 Å². The molecule has 1 unspecified atom stereocenters. The van der Waals surface area contributed by atoms with Crippen LogP contribution in [0.3, 0.4) is 0 Å². The summed E-state index contributed by atoms with van der Waals surface area (Å²) in [4.78, 5) is 28.6. The zero-order valence-electron chi connectivity index (χ0n) is 16.8. The van der Waals surface area contributed by atoms with Crippen molar-refractivity contribution in [3.63, 3.8) is 0 Å². The van der Waals surface area contributed by atoms with E-state index in [1.165, 1.54) is 0 Å². The number of alkyl halides is 6. The molecule has 0 spiro atoms. The molecule has 176 valence electrons. The zero-order valence-corrected chi connectivity index (χ0v) is 17.6. The highest BCUT2D eigenvalue weighted by atomic mass is 32.2. The van der Waals surface area contributed by atoms with E-state index >= 15 is 0 Å². The number of amidine groups is 1. The summed E-state index contributed by atoms with van der Waals surface area (Å²) < 4.78 is 77.7. The number of carbonyl (C=O) groups excluding carboxylic acids is 2. The second kappa shape index (κ2) is 9.86. The van der Waals surface area contributed by atoms with Gasteiger partial charge in [-0.3, -0.25) is 14.6 Å². The van der Waals surface area contributed by atoms with Crippen molar-refractivity contribution in [1.29, 1.82) is 0 Å². The van der Waals surface area contributed by atoms with Crippen molar-refractivity contribution in [2.24, 2.45) is 4.99 Å². The summed E-state index contributed by atoms with van der Waals surface area (Å²) in [6.07, 6.45) is -9.89. The lowest BCUT2D eigenvalue weighted by Crippen LogP contribution is -2.28. The SMILES string of the molecule is O=C(CC1SC(=NCCc2ccccc2)NC1=O)Nc1cc(C(F)(F)F)cc(C(F)(F)F)c1. The fraction of sp³-hybridized carbons (Fsp3) is 0.286. The Labute approximate surface area is 188 Å². The fourth-order valence-electron chi connectivity index (χ4n) is 2.95. The molecule has 0 bridgehead atoms. The molecule has 1 aliphatic rings. The molecule has 2 aromatic rings. The first kappa shape index (κ1) is 24.6. The van der Waals surface area contributed by atoms with Gasteiger partial charge < -0.3 is 10.6 Å². The molecule has 2 N–H and O–H groups in total. The average Bonchev–Trinajstić information content (AvgIpc) is 3.06. The van der Waals surface area contributed by atoms with E-state index in [1.807, 2.05) is 35.6 Å². The van der Waals surface area contributed by atoms with Gasteiger partial charge in [0.2, 0.25) is 11.8 Å². The van der Waals surface area contributed by atoms with E-state index < -0.39 is 52.7 Å². The maximum absolute atomic E-state index is 13.0. The summed E-state index contributed by atoms with van der Waals surface area (Å²) in [5.74, 6) is -1.42. The fourth-order valence-corrected chi connectivity index (χ4v) is 3.95. The molecule has 1 aliphatic heterocycles. The number of nitrogens with one attached hydrogen (secondary N) is 2. The van der Waals surface area contributed by atoms with Gasteiger partial charge in [-0.2, -0.15) is 26.3 Å². The van der Waals surface area contributed by atoms with Gasteiger partial charge in [-0.15, -0.1) is 0 Å². The van der Waals surface area contributed by atoms with Crippen LogP contribution < -0.4 is 10.6 Å². The number of aliphatic imine (C=N–C) groups is 1. The number of amides is 2. The van der Waals surface area contributed by atoms with Gasteiger partial charge in [-0.25, -0.2) is 0 Å². The van der Waals surface area contributed by atoms with E-state index in [1.54, 1.807) is 0 Å². The van der Waals surface area contributed by atoms with E-state index in [2.05, 4.69) is 10.3 Å². The minimum atomic E-state index is -5.03. The van der Waals surface area contributed by atoms with Gasteiger partial charge in [0.25, 0.3) is 0 Å². The topological polar surface area (TPSA) is 70.6 Å². The second-order valence-electron chi connectivity index (χ2n) is 7.07. The van der Waals surface area contributed by atoms with Crippen LogP contribution >= 0.6 is 11.8 Å². The molecule has 2 amide bonds. The van der Waals surface area contributed by atoms with E-state index in [0.717, 1.165) is 17.3 Å². The van der Waals surface area contributed by atoms with Crippen LogP contribution in [0.4, 0.5) is 32.0 Å². The van der Waals surface area contributed by atoms with Gasteiger partial charge in [0.15, 0.2) is 5.17 Å². The van der Waals surface area contributed by atoms with Crippen LogP contribution in [0.5, 0.6) is 0 Å². The number of anilines is 1. The molecule has 1 heterocycles. The molecule has 1 saturated heterocycles. The molecule has 1 atom stereocenters. The number of hydrogen-bond donors (Lipinski definition) is 2. The monoisotopic (exact) mass is 489 g/mol. The quantitative estimate of drug-likeness (QED) is 0.568. The van der Waals surface area contributed by atoms with Crippen LogP contribution in [0.15, 0.2) is 53.5 Å². The standard InChI is InChI=1S/C21H17F6N3O2S/c22-20(23,24)13-8-14(21(25,26)27)10-15(9-13)29-17(31)11-16-18(32)30-19(33-16)28-7-6-12-4-2-1-3-5-12/h1-5,8-10,16H,6-7,11H2,(H,29,31)(H,28,30,32). The number of carbonyl (C=O) groups is 2. The third kappa shape index (κ3) is 6.98. The lowest BCUT2D eigenvalue weighted by Gasteiger charge is -2.15. The minimum Gasteiger partial charge on any atom is -0.326 e. The van der Waals surface area contributed by atoms with E-state index in [-0.39, 0.29) is 6.07 Å². The third-order valence-electron chi connectivity index (χ3n) is 4.52. The molecular weight excluding hydrogens is 472 g/mol. The molecule has 0 aliphatic carbocycles. The second-order valence-corrected chi connectivity index (χ2v) is 8.26. The normalized spacial score (nSPS) is 17.8. The Morgan fingerprint density at radius 3 is 2.18 bits per heavy atom. The van der Waals surface area contributed by atoms with Crippen molar-refractivity contribution in [1.82, 2.24) is 5.32 Å². The Kier molecular flexibility index (Phi) is 7.35. The average molecular weight is 489 g/mol. The van der Waals surface area contributed by atoms with Crippen LogP contribution in [0.25, 0.3) is 0 Å². The number of benzene rings is 2. The smallest absolute Gasteiger partial charge is 0.326 e. The highest BCUT2D eigenvalue weighted by Crippen LogP contribution is 2.37. The number of halogens is 6. The molecule has 0 aromatic heterocycles. The maximum Gasteiger partial charge on any atom is 0.416 e. The van der Waals surface area contributed by atoms with Crippen molar-refractivity contribution in [2.75, 3.05) is 11.9 Å². The molecule has 2 aromatic carbocycles. The Morgan fingerprint density at radius 2 is 1.61 bits per heavy atom. The molecule has 5 nitrogen and oxygen atoms in total. The van der Waals surface area contributed by atoms with Crippen molar-refractivity contribution in [3.05, 3.63) is 65.2 Å². The first-order chi connectivity index (χ1) is 15.4. The number of thioether (sulfide) groups is 1. The maximum atomic E-state index is 13.0. The van der Waals surface area contributed by atoms with Gasteiger partial charge >= 0.3 is 12.4 Å². The molecule has 1 fully saturated rings. The molecule has 0 saturated carbocycles. The van der Waals surface area contributed by atoms with Gasteiger partial charge in [-0.05, 0) is 30.2 Å². The number of rotatable bonds is 6. The first-order valence-corrected chi connectivity index (χ1v) is 10.4. The highest BCUT2D eigenvalue weighted by Gasteiger charge is 2.37. The van der Waals surface area contributed by atoms with Gasteiger partial charge in [-0.1, -0.05) is 42.1 Å². The predicted octanol–water partition coefficient (Wildman–Crippen LogP) is 4.88. The van der Waals surface area contributed by atoms with Gasteiger partial charge in [0.05, 0.1) is 11.1 Å². The van der Waals surface area contributed by atoms with Crippen LogP contribution in [0.2, 0.25) is 0 Å². The van der Waals surface area contributed by atoms with Crippen LogP contribution in [0.1, 0.15) is 23.1 Å². The van der Waals surface area contributed by atoms with Crippen LogP contribution in [-0.4, -0.2) is 28.8 Å². The van der Waals surface area contributed by atoms with E-state index in [4.69, 9.17) is 0 Å². The third-order valence-corrected chi connectivity index (χ3v) is 5.64. The molecular formula is C21H17F6N3O2S. The molecule has 33 heavy (non-hydrogen) atoms. The number of hydrogen-bond acceptors (Lipinski definition) is 4. The Bertz CT molecular complexity index is 1020. The van der Waals surface area contributed by atoms with Crippen molar-refractivity contribution >= 4 is 34.4 Å². The summed E-state index contributed by atoms with van der Waals surface area (Å²) in [6.45, 7) is 0.385. The summed E-state index contributed by atoms with van der Waals surface area (Å²) in [6, 6.07) is 10.3. The summed E-state index contributed by atoms with van der Waals surface area (Å²) in [5, 5.41) is 3.93. The lowest BCUT2D eigenvalue weighted by molar-refractivity contribution is -0.143. The van der Waals surface area contributed by atoms with Crippen molar-refractivity contribution in [3.8, 4) is 0 Å². The van der Waals surface area contributed by atoms with Crippen molar-refractivity contribution in [2.45, 2.75) is 30.4 Å². The lowest BCUT2D eigenvalue weighted by atomic mass is 10.1. The van der Waals surface area contributed by atoms with Crippen LogP contribution in [0, 0.1) is 0 Å². The van der Waals surface area contributed by atoms with E-state index in [0.29, 0.717) is 30.3 Å². The minimum absolute atomic E-state index is 0.0336. The number of nitrogens with zero attached hydrogens (tertiary/aromatic N) is 1. The Morgan fingerprint density at radius 1 is 1.00 bits per heavy atom. The highest BCUT2D eigenvalue weighted by molar-refractivity contribution is 8.15. The van der Waals surface area contributed by atoms with Gasteiger partial charge in [0, 0.05) is 18.7 Å². The largest absolute Gasteiger partial charge is 0.416 e. The predicted molar refractivity (Wildman–Crippen MR) is 112 cm³/mol. The Balaban J connectivity index is 1.62. The van der Waals surface area contributed by atoms with E-state index in [9.17, 15) is 35.9 Å². The summed E-state index contributed by atoms with van der Waals surface area (Å²) >= 11 is 0.976. The first-order valence-electron chi connectivity index (χ1n) is 9.57. The summed E-state index contributed by atoms with van der Waals surface area (Å²) in [5.41, 5.74) is -2.71.